The third-order valence-electron chi connectivity index (χ3n) is 2.69. The van der Waals surface area contributed by atoms with Crippen molar-refractivity contribution >= 4 is 40.5 Å². The maximum absolute atomic E-state index is 12.4. The van der Waals surface area contributed by atoms with Crippen molar-refractivity contribution in [2.45, 2.75) is 0 Å². The number of para-hydroxylation sites is 1. The molecular formula is C12H8Cl2N4O3. The quantitative estimate of drug-likeness (QED) is 0.374. The van der Waals surface area contributed by atoms with E-state index in [1.165, 1.54) is 37.5 Å². The van der Waals surface area contributed by atoms with Gasteiger partial charge in [-0.05, 0) is 17.7 Å². The Bertz CT molecular complexity index is 723. The summed E-state index contributed by atoms with van der Waals surface area (Å²) in [5, 5.41) is 10.9. The van der Waals surface area contributed by atoms with Crippen molar-refractivity contribution < 1.29 is 9.72 Å². The van der Waals surface area contributed by atoms with Crippen LogP contribution in [0.25, 0.3) is 0 Å². The summed E-state index contributed by atoms with van der Waals surface area (Å²) >= 11 is 11.5. The molecule has 0 aliphatic heterocycles. The summed E-state index contributed by atoms with van der Waals surface area (Å²) in [6, 6.07) is 5.63. The third kappa shape index (κ3) is 3.09. The molecule has 0 saturated heterocycles. The zero-order chi connectivity index (χ0) is 15.6. The highest BCUT2D eigenvalue weighted by Crippen LogP contribution is 2.26. The molecule has 0 saturated carbocycles. The number of halogens is 2. The maximum atomic E-state index is 12.4. The predicted octanol–water partition coefficient (Wildman–Crippen LogP) is 2.97. The molecule has 1 aromatic carbocycles. The van der Waals surface area contributed by atoms with Crippen molar-refractivity contribution in [2.75, 3.05) is 11.9 Å². The van der Waals surface area contributed by atoms with Gasteiger partial charge in [-0.3, -0.25) is 14.9 Å². The SMILES string of the molecule is CN(C(=O)c1ccccc1[N+](=O)[O-])c1cnc(Cl)nc1Cl. The van der Waals surface area contributed by atoms with E-state index in [0.29, 0.717) is 0 Å². The van der Waals surface area contributed by atoms with E-state index in [2.05, 4.69) is 9.97 Å². The highest BCUT2D eigenvalue weighted by Gasteiger charge is 2.24. The first-order valence-corrected chi connectivity index (χ1v) is 6.37. The summed E-state index contributed by atoms with van der Waals surface area (Å²) in [5.41, 5.74) is -0.152. The van der Waals surface area contributed by atoms with E-state index in [4.69, 9.17) is 23.2 Å². The molecule has 21 heavy (non-hydrogen) atoms. The van der Waals surface area contributed by atoms with Crippen LogP contribution in [0.4, 0.5) is 11.4 Å². The number of carbonyl (C=O) groups excluding carboxylic acids is 1. The number of nitro groups is 1. The van der Waals surface area contributed by atoms with Crippen molar-refractivity contribution in [3.63, 3.8) is 0 Å². The summed E-state index contributed by atoms with van der Waals surface area (Å²) in [5.74, 6) is -0.602. The Labute approximate surface area is 129 Å². The van der Waals surface area contributed by atoms with Crippen molar-refractivity contribution in [3.8, 4) is 0 Å². The molecule has 9 heteroatoms. The standard InChI is InChI=1S/C12H8Cl2N4O3/c1-17(9-6-15-12(14)16-10(9)13)11(19)7-4-2-3-5-8(7)18(20)21/h2-6H,1H3. The molecule has 0 atom stereocenters. The second-order valence-corrected chi connectivity index (χ2v) is 4.65. The molecule has 0 aliphatic carbocycles. The van der Waals surface area contributed by atoms with E-state index in [0.717, 1.165) is 4.90 Å². The van der Waals surface area contributed by atoms with Crippen molar-refractivity contribution in [2.24, 2.45) is 0 Å². The lowest BCUT2D eigenvalue weighted by atomic mass is 10.1. The van der Waals surface area contributed by atoms with Gasteiger partial charge in [0.2, 0.25) is 5.28 Å². The van der Waals surface area contributed by atoms with E-state index in [1.54, 1.807) is 0 Å². The fourth-order valence-electron chi connectivity index (χ4n) is 1.66. The van der Waals surface area contributed by atoms with Crippen molar-refractivity contribution in [3.05, 3.63) is 56.6 Å². The summed E-state index contributed by atoms with van der Waals surface area (Å²) in [6.07, 6.45) is 1.27. The van der Waals surface area contributed by atoms with Crippen molar-refractivity contribution in [1.29, 1.82) is 0 Å². The maximum Gasteiger partial charge on any atom is 0.282 e. The molecule has 0 N–H and O–H groups in total. The van der Waals surface area contributed by atoms with E-state index >= 15 is 0 Å². The molecule has 2 rings (SSSR count). The van der Waals surface area contributed by atoms with E-state index in [1.807, 2.05) is 0 Å². The Hall–Kier alpha value is -2.25. The van der Waals surface area contributed by atoms with E-state index < -0.39 is 10.8 Å². The summed E-state index contributed by atoms with van der Waals surface area (Å²) < 4.78 is 0. The number of benzene rings is 1. The Morgan fingerprint density at radius 1 is 1.33 bits per heavy atom. The Morgan fingerprint density at radius 2 is 2.00 bits per heavy atom. The van der Waals surface area contributed by atoms with Gasteiger partial charge in [-0.15, -0.1) is 0 Å². The molecule has 0 fully saturated rings. The normalized spacial score (nSPS) is 10.2. The van der Waals surface area contributed by atoms with Crippen LogP contribution in [0, 0.1) is 10.1 Å². The zero-order valence-electron chi connectivity index (χ0n) is 10.7. The third-order valence-corrected chi connectivity index (χ3v) is 3.15. The van der Waals surface area contributed by atoms with Crippen LogP contribution in [-0.4, -0.2) is 27.8 Å². The van der Waals surface area contributed by atoms with Gasteiger partial charge in [-0.25, -0.2) is 9.97 Å². The molecule has 0 radical (unpaired) electrons. The molecular weight excluding hydrogens is 319 g/mol. The number of nitro benzene ring substituents is 1. The van der Waals surface area contributed by atoms with Gasteiger partial charge in [0.25, 0.3) is 11.6 Å². The van der Waals surface area contributed by atoms with Crippen LogP contribution in [0.15, 0.2) is 30.5 Å². The summed E-state index contributed by atoms with van der Waals surface area (Å²) in [7, 11) is 1.41. The molecule has 0 unspecified atom stereocenters. The first kappa shape index (κ1) is 15.1. The minimum atomic E-state index is -0.624. The Morgan fingerprint density at radius 3 is 2.62 bits per heavy atom. The van der Waals surface area contributed by atoms with Crippen LogP contribution in [0.1, 0.15) is 10.4 Å². The fraction of sp³-hybridized carbons (Fsp3) is 0.0833. The number of rotatable bonds is 3. The van der Waals surface area contributed by atoms with Gasteiger partial charge < -0.3 is 4.90 Å². The predicted molar refractivity (Wildman–Crippen MR) is 77.9 cm³/mol. The smallest absolute Gasteiger partial charge is 0.282 e. The average Bonchev–Trinajstić information content (AvgIpc) is 2.45. The van der Waals surface area contributed by atoms with Crippen LogP contribution in [0.3, 0.4) is 0 Å². The highest BCUT2D eigenvalue weighted by atomic mass is 35.5. The second kappa shape index (κ2) is 6.02. The molecule has 1 heterocycles. The number of nitrogens with zero attached hydrogens (tertiary/aromatic N) is 4. The highest BCUT2D eigenvalue weighted by molar-refractivity contribution is 6.34. The molecule has 1 aromatic heterocycles. The average molecular weight is 327 g/mol. The van der Waals surface area contributed by atoms with Gasteiger partial charge in [0.15, 0.2) is 5.15 Å². The lowest BCUT2D eigenvalue weighted by Crippen LogP contribution is -2.27. The molecule has 0 aliphatic rings. The zero-order valence-corrected chi connectivity index (χ0v) is 12.2. The monoisotopic (exact) mass is 326 g/mol. The Kier molecular flexibility index (Phi) is 4.35. The number of carbonyl (C=O) groups is 1. The number of anilines is 1. The summed E-state index contributed by atoms with van der Waals surface area (Å²) in [4.78, 5) is 31.3. The molecule has 0 spiro atoms. The van der Waals surface area contributed by atoms with Gasteiger partial charge in [-0.1, -0.05) is 23.7 Å². The van der Waals surface area contributed by atoms with Crippen LogP contribution in [-0.2, 0) is 0 Å². The first-order valence-electron chi connectivity index (χ1n) is 5.61. The van der Waals surface area contributed by atoms with E-state index in [9.17, 15) is 14.9 Å². The molecule has 7 nitrogen and oxygen atoms in total. The fourth-order valence-corrected chi connectivity index (χ4v) is 2.10. The van der Waals surface area contributed by atoms with Gasteiger partial charge in [0.1, 0.15) is 5.56 Å². The first-order chi connectivity index (χ1) is 9.91. The van der Waals surface area contributed by atoms with Crippen LogP contribution in [0.2, 0.25) is 10.4 Å². The van der Waals surface area contributed by atoms with Crippen LogP contribution >= 0.6 is 23.2 Å². The van der Waals surface area contributed by atoms with Gasteiger partial charge in [-0.2, -0.15) is 0 Å². The molecule has 1 amide bonds. The van der Waals surface area contributed by atoms with Crippen LogP contribution in [0.5, 0.6) is 0 Å². The minimum Gasteiger partial charge on any atom is -0.307 e. The molecule has 0 bridgehead atoms. The number of aromatic nitrogens is 2. The lowest BCUT2D eigenvalue weighted by molar-refractivity contribution is -0.385. The van der Waals surface area contributed by atoms with Gasteiger partial charge in [0.05, 0.1) is 16.8 Å². The number of hydrogen-bond acceptors (Lipinski definition) is 5. The lowest BCUT2D eigenvalue weighted by Gasteiger charge is -2.17. The van der Waals surface area contributed by atoms with Crippen LogP contribution < -0.4 is 4.90 Å². The second-order valence-electron chi connectivity index (χ2n) is 3.95. The minimum absolute atomic E-state index is 0.0237. The summed E-state index contributed by atoms with van der Waals surface area (Å²) in [6.45, 7) is 0. The molecule has 2 aromatic rings. The van der Waals surface area contributed by atoms with Gasteiger partial charge in [0, 0.05) is 13.1 Å². The number of amides is 1. The number of hydrogen-bond donors (Lipinski definition) is 0. The Balaban J connectivity index is 2.42. The molecule has 108 valence electrons. The van der Waals surface area contributed by atoms with Crippen molar-refractivity contribution in [1.82, 2.24) is 9.97 Å². The van der Waals surface area contributed by atoms with E-state index in [-0.39, 0.29) is 27.4 Å². The largest absolute Gasteiger partial charge is 0.307 e. The topological polar surface area (TPSA) is 89.2 Å². The van der Waals surface area contributed by atoms with Gasteiger partial charge >= 0.3 is 0 Å².